The van der Waals surface area contributed by atoms with E-state index in [1.807, 2.05) is 22.6 Å². The molecule has 0 amide bonds. The van der Waals surface area contributed by atoms with E-state index in [1.54, 1.807) is 6.07 Å². The summed E-state index contributed by atoms with van der Waals surface area (Å²) in [5.74, 6) is -0.0347. The maximum Gasteiger partial charge on any atom is 0.270 e. The molecule has 0 radical (unpaired) electrons. The van der Waals surface area contributed by atoms with Gasteiger partial charge in [0.2, 0.25) is 10.0 Å². The third-order valence-electron chi connectivity index (χ3n) is 2.40. The molecule has 0 saturated carbocycles. The Labute approximate surface area is 125 Å². The Hall–Kier alpha value is -0.940. The van der Waals surface area contributed by atoms with Gasteiger partial charge in [-0.05, 0) is 28.7 Å². The molecule has 1 aromatic carbocycles. The lowest BCUT2D eigenvalue weighted by Crippen LogP contribution is -2.28. The summed E-state index contributed by atoms with van der Waals surface area (Å²) in [7, 11) is -0.288. The zero-order valence-electron chi connectivity index (χ0n) is 10.5. The van der Waals surface area contributed by atoms with Crippen molar-refractivity contribution in [3.63, 3.8) is 0 Å². The van der Waals surface area contributed by atoms with Crippen molar-refractivity contribution in [2.75, 3.05) is 31.7 Å². The summed E-state index contributed by atoms with van der Waals surface area (Å²) in [6.07, 6.45) is 0. The second-order valence-electron chi connectivity index (χ2n) is 3.95. The predicted molar refractivity (Wildman–Crippen MR) is 81.8 cm³/mol. The summed E-state index contributed by atoms with van der Waals surface area (Å²) in [5.41, 5.74) is 0.691. The number of nitro benzene ring substituents is 1. The molecule has 0 bridgehead atoms. The van der Waals surface area contributed by atoms with Gasteiger partial charge in [0.15, 0.2) is 0 Å². The predicted octanol–water partition coefficient (Wildman–Crippen LogP) is 1.50. The molecule has 19 heavy (non-hydrogen) atoms. The number of anilines is 1. The van der Waals surface area contributed by atoms with Crippen molar-refractivity contribution in [2.24, 2.45) is 0 Å². The van der Waals surface area contributed by atoms with E-state index in [0.717, 1.165) is 4.31 Å². The van der Waals surface area contributed by atoms with Crippen molar-refractivity contribution in [1.29, 1.82) is 0 Å². The van der Waals surface area contributed by atoms with Crippen LogP contribution in [0.1, 0.15) is 0 Å². The van der Waals surface area contributed by atoms with Gasteiger partial charge >= 0.3 is 0 Å². The van der Waals surface area contributed by atoms with Gasteiger partial charge in [0.05, 0.1) is 10.7 Å². The van der Waals surface area contributed by atoms with Gasteiger partial charge in [-0.15, -0.1) is 0 Å². The lowest BCUT2D eigenvalue weighted by Gasteiger charge is -2.12. The summed E-state index contributed by atoms with van der Waals surface area (Å²) in [4.78, 5) is 10.1. The van der Waals surface area contributed by atoms with Crippen molar-refractivity contribution in [1.82, 2.24) is 4.31 Å². The second-order valence-corrected chi connectivity index (χ2v) is 7.41. The SMILES string of the molecule is CN(C)S(=O)(=O)CCNc1ccc([N+](=O)[O-])cc1I. The van der Waals surface area contributed by atoms with Gasteiger partial charge in [0.1, 0.15) is 0 Å². The first-order chi connectivity index (χ1) is 8.74. The zero-order chi connectivity index (χ0) is 14.6. The van der Waals surface area contributed by atoms with Crippen molar-refractivity contribution >= 4 is 44.0 Å². The third-order valence-corrected chi connectivity index (χ3v) is 5.12. The number of rotatable bonds is 6. The Balaban J connectivity index is 2.67. The first kappa shape index (κ1) is 16.1. The van der Waals surface area contributed by atoms with Crippen LogP contribution in [0.4, 0.5) is 11.4 Å². The summed E-state index contributed by atoms with van der Waals surface area (Å²) in [6.45, 7) is 0.244. The molecule has 0 spiro atoms. The fourth-order valence-corrected chi connectivity index (χ4v) is 2.67. The standard InChI is InChI=1S/C10H14IN3O4S/c1-13(2)19(17,18)6-5-12-10-4-3-8(14(15)16)7-9(10)11/h3-4,7,12H,5-6H2,1-2H3. The van der Waals surface area contributed by atoms with E-state index in [-0.39, 0.29) is 18.0 Å². The summed E-state index contributed by atoms with van der Waals surface area (Å²) in [5, 5.41) is 13.5. The minimum atomic E-state index is -3.24. The van der Waals surface area contributed by atoms with Crippen molar-refractivity contribution < 1.29 is 13.3 Å². The molecule has 0 aliphatic heterocycles. The molecule has 0 aliphatic carbocycles. The number of nitrogens with one attached hydrogen (secondary N) is 1. The lowest BCUT2D eigenvalue weighted by atomic mass is 10.3. The molecule has 1 rings (SSSR count). The molecule has 106 valence electrons. The Kier molecular flexibility index (Phi) is 5.50. The summed E-state index contributed by atoms with van der Waals surface area (Å²) in [6, 6.07) is 4.39. The van der Waals surface area contributed by atoms with Gasteiger partial charge < -0.3 is 5.32 Å². The molecule has 0 fully saturated rings. The highest BCUT2D eigenvalue weighted by Gasteiger charge is 2.13. The van der Waals surface area contributed by atoms with Gasteiger partial charge in [0.25, 0.3) is 5.69 Å². The number of sulfonamides is 1. The highest BCUT2D eigenvalue weighted by Crippen LogP contribution is 2.23. The fourth-order valence-electron chi connectivity index (χ4n) is 1.26. The molecule has 0 heterocycles. The molecule has 0 aromatic heterocycles. The number of hydrogen-bond acceptors (Lipinski definition) is 5. The highest BCUT2D eigenvalue weighted by atomic mass is 127. The van der Waals surface area contributed by atoms with E-state index in [9.17, 15) is 18.5 Å². The number of non-ortho nitro benzene ring substituents is 1. The minimum absolute atomic E-state index is 0.0101. The van der Waals surface area contributed by atoms with E-state index < -0.39 is 14.9 Å². The highest BCUT2D eigenvalue weighted by molar-refractivity contribution is 14.1. The Morgan fingerprint density at radius 1 is 1.42 bits per heavy atom. The largest absolute Gasteiger partial charge is 0.383 e. The van der Waals surface area contributed by atoms with Crippen LogP contribution in [0.25, 0.3) is 0 Å². The topological polar surface area (TPSA) is 92.6 Å². The number of nitrogens with zero attached hydrogens (tertiary/aromatic N) is 2. The molecule has 1 N–H and O–H groups in total. The molecule has 0 unspecified atom stereocenters. The van der Waals surface area contributed by atoms with Crippen molar-refractivity contribution in [3.8, 4) is 0 Å². The fraction of sp³-hybridized carbons (Fsp3) is 0.400. The molecular formula is C10H14IN3O4S. The van der Waals surface area contributed by atoms with Crippen LogP contribution in [0.5, 0.6) is 0 Å². The zero-order valence-corrected chi connectivity index (χ0v) is 13.4. The first-order valence-electron chi connectivity index (χ1n) is 5.32. The van der Waals surface area contributed by atoms with Crippen LogP contribution in [0.2, 0.25) is 0 Å². The van der Waals surface area contributed by atoms with Crippen molar-refractivity contribution in [2.45, 2.75) is 0 Å². The van der Waals surface area contributed by atoms with E-state index in [1.165, 1.54) is 26.2 Å². The van der Waals surface area contributed by atoms with Crippen LogP contribution in [0.3, 0.4) is 0 Å². The average molecular weight is 399 g/mol. The normalized spacial score (nSPS) is 11.6. The van der Waals surface area contributed by atoms with Gasteiger partial charge in [0, 0.05) is 42.0 Å². The van der Waals surface area contributed by atoms with Gasteiger partial charge in [-0.3, -0.25) is 10.1 Å². The first-order valence-corrected chi connectivity index (χ1v) is 8.01. The molecule has 1 aromatic rings. The van der Waals surface area contributed by atoms with Crippen molar-refractivity contribution in [3.05, 3.63) is 31.9 Å². The van der Waals surface area contributed by atoms with Crippen LogP contribution in [-0.4, -0.2) is 44.0 Å². The molecule has 0 saturated heterocycles. The minimum Gasteiger partial charge on any atom is -0.383 e. The Bertz CT molecular complexity index is 574. The monoisotopic (exact) mass is 399 g/mol. The lowest BCUT2D eigenvalue weighted by molar-refractivity contribution is -0.384. The van der Waals surface area contributed by atoms with Crippen LogP contribution in [0, 0.1) is 13.7 Å². The molecule has 9 heteroatoms. The molecule has 7 nitrogen and oxygen atoms in total. The maximum atomic E-state index is 11.5. The summed E-state index contributed by atoms with van der Waals surface area (Å²) < 4.78 is 24.9. The van der Waals surface area contributed by atoms with E-state index in [4.69, 9.17) is 0 Å². The summed E-state index contributed by atoms with van der Waals surface area (Å²) >= 11 is 1.97. The molecule has 0 aliphatic rings. The van der Waals surface area contributed by atoms with Gasteiger partial charge in [-0.25, -0.2) is 12.7 Å². The average Bonchev–Trinajstić information content (AvgIpc) is 2.30. The Morgan fingerprint density at radius 2 is 2.05 bits per heavy atom. The molecule has 0 atom stereocenters. The number of nitro groups is 1. The van der Waals surface area contributed by atoms with Crippen LogP contribution in [0.15, 0.2) is 18.2 Å². The third kappa shape index (κ3) is 4.58. The van der Waals surface area contributed by atoms with E-state index in [0.29, 0.717) is 9.26 Å². The van der Waals surface area contributed by atoms with Crippen LogP contribution < -0.4 is 5.32 Å². The van der Waals surface area contributed by atoms with Gasteiger partial charge in [-0.1, -0.05) is 0 Å². The Morgan fingerprint density at radius 3 is 2.53 bits per heavy atom. The quantitative estimate of drug-likeness (QED) is 0.445. The van der Waals surface area contributed by atoms with Crippen LogP contribution in [-0.2, 0) is 10.0 Å². The van der Waals surface area contributed by atoms with Crippen LogP contribution >= 0.6 is 22.6 Å². The second kappa shape index (κ2) is 6.48. The van der Waals surface area contributed by atoms with E-state index in [2.05, 4.69) is 5.32 Å². The number of hydrogen-bond donors (Lipinski definition) is 1. The van der Waals surface area contributed by atoms with Gasteiger partial charge in [-0.2, -0.15) is 0 Å². The number of benzene rings is 1. The number of halogens is 1. The smallest absolute Gasteiger partial charge is 0.270 e. The maximum absolute atomic E-state index is 11.5. The molecular weight excluding hydrogens is 385 g/mol. The van der Waals surface area contributed by atoms with E-state index >= 15 is 0 Å².